The highest BCUT2D eigenvalue weighted by atomic mass is 79.9. The molecular formula is C13H17BrN2O3S. The van der Waals surface area contributed by atoms with Gasteiger partial charge in [0.15, 0.2) is 0 Å². The molecule has 1 unspecified atom stereocenters. The number of amides is 1. The minimum Gasteiger partial charge on any atom is -0.326 e. The number of anilines is 1. The highest BCUT2D eigenvalue weighted by Crippen LogP contribution is 2.36. The first kappa shape index (κ1) is 15.5. The van der Waals surface area contributed by atoms with Gasteiger partial charge in [-0.15, -0.1) is 0 Å². The number of hydrogen-bond donors (Lipinski definition) is 2. The zero-order chi connectivity index (χ0) is 14.8. The van der Waals surface area contributed by atoms with Gasteiger partial charge in [-0.2, -0.15) is 0 Å². The molecule has 5 nitrogen and oxygen atoms in total. The Morgan fingerprint density at radius 1 is 1.35 bits per heavy atom. The average Bonchev–Trinajstić information content (AvgIpc) is 3.20. The van der Waals surface area contributed by atoms with Gasteiger partial charge in [0.25, 0.3) is 0 Å². The van der Waals surface area contributed by atoms with Crippen molar-refractivity contribution in [3.8, 4) is 0 Å². The van der Waals surface area contributed by atoms with Crippen LogP contribution >= 0.6 is 15.9 Å². The molecule has 1 amide bonds. The van der Waals surface area contributed by atoms with Gasteiger partial charge in [0.05, 0.1) is 4.90 Å². The molecule has 1 aromatic rings. The van der Waals surface area contributed by atoms with E-state index in [1.165, 1.54) is 19.1 Å². The van der Waals surface area contributed by atoms with Gasteiger partial charge in [0.1, 0.15) is 0 Å². The fourth-order valence-electron chi connectivity index (χ4n) is 1.82. The van der Waals surface area contributed by atoms with Crippen LogP contribution in [0.1, 0.15) is 19.8 Å². The fraction of sp³-hybridized carbons (Fsp3) is 0.462. The van der Waals surface area contributed by atoms with Crippen molar-refractivity contribution in [1.29, 1.82) is 0 Å². The molecule has 0 radical (unpaired) electrons. The van der Waals surface area contributed by atoms with Gasteiger partial charge in [0.2, 0.25) is 15.9 Å². The summed E-state index contributed by atoms with van der Waals surface area (Å²) < 4.78 is 26.8. The normalized spacial score (nSPS) is 16.7. The van der Waals surface area contributed by atoms with E-state index in [1.54, 1.807) is 12.1 Å². The van der Waals surface area contributed by atoms with E-state index in [9.17, 15) is 13.2 Å². The Morgan fingerprint density at radius 3 is 2.45 bits per heavy atom. The number of rotatable bonds is 6. The topological polar surface area (TPSA) is 75.3 Å². The number of benzene rings is 1. The lowest BCUT2D eigenvalue weighted by atomic mass is 10.3. The summed E-state index contributed by atoms with van der Waals surface area (Å²) in [5.74, 6) is 0.394. The summed E-state index contributed by atoms with van der Waals surface area (Å²) in [6.07, 6.45) is 2.31. The van der Waals surface area contributed by atoms with E-state index in [4.69, 9.17) is 0 Å². The minimum atomic E-state index is -3.50. The Labute approximate surface area is 127 Å². The molecule has 1 atom stereocenters. The van der Waals surface area contributed by atoms with E-state index in [2.05, 4.69) is 26.0 Å². The zero-order valence-corrected chi connectivity index (χ0v) is 13.5. The number of hydrogen-bond acceptors (Lipinski definition) is 3. The number of alkyl halides is 1. The number of sulfonamides is 1. The second kappa shape index (κ2) is 6.24. The molecular weight excluding hydrogens is 344 g/mol. The van der Waals surface area contributed by atoms with Crippen molar-refractivity contribution in [3.63, 3.8) is 0 Å². The van der Waals surface area contributed by atoms with Crippen molar-refractivity contribution >= 4 is 37.5 Å². The van der Waals surface area contributed by atoms with E-state index >= 15 is 0 Å². The van der Waals surface area contributed by atoms with Crippen molar-refractivity contribution in [1.82, 2.24) is 4.72 Å². The van der Waals surface area contributed by atoms with Gasteiger partial charge in [-0.3, -0.25) is 4.79 Å². The molecule has 0 aliphatic heterocycles. The van der Waals surface area contributed by atoms with Crippen LogP contribution in [0.2, 0.25) is 0 Å². The maximum Gasteiger partial charge on any atom is 0.240 e. The van der Waals surface area contributed by atoms with Gasteiger partial charge >= 0.3 is 0 Å². The first-order valence-corrected chi connectivity index (χ1v) is 8.80. The molecule has 1 aromatic carbocycles. The lowest BCUT2D eigenvalue weighted by Crippen LogP contribution is -2.30. The molecule has 0 saturated heterocycles. The van der Waals surface area contributed by atoms with Gasteiger partial charge in [-0.25, -0.2) is 13.1 Å². The third-order valence-corrected chi connectivity index (χ3v) is 5.60. The van der Waals surface area contributed by atoms with Crippen LogP contribution in [0.15, 0.2) is 29.2 Å². The molecule has 1 saturated carbocycles. The number of halogens is 1. The van der Waals surface area contributed by atoms with Crippen LogP contribution < -0.4 is 10.0 Å². The third-order valence-electron chi connectivity index (χ3n) is 3.09. The zero-order valence-electron chi connectivity index (χ0n) is 11.1. The standard InChI is InChI=1S/C13H17BrN2O3S/c1-9(17)16-11-4-6-12(7-5-11)20(18,19)15-8-13(14)10-2-3-10/h4-7,10,13,15H,2-3,8H2,1H3,(H,16,17). The SMILES string of the molecule is CC(=O)Nc1ccc(S(=O)(=O)NCC(Br)C2CC2)cc1. The van der Waals surface area contributed by atoms with Gasteiger partial charge in [0, 0.05) is 24.0 Å². The van der Waals surface area contributed by atoms with E-state index in [-0.39, 0.29) is 15.6 Å². The Kier molecular flexibility index (Phi) is 4.82. The van der Waals surface area contributed by atoms with Crippen LogP contribution in [-0.4, -0.2) is 25.7 Å². The van der Waals surface area contributed by atoms with Crippen LogP contribution in [0.25, 0.3) is 0 Å². The molecule has 0 aromatic heterocycles. The lowest BCUT2D eigenvalue weighted by molar-refractivity contribution is -0.114. The summed E-state index contributed by atoms with van der Waals surface area (Å²) in [7, 11) is -3.50. The van der Waals surface area contributed by atoms with Gasteiger partial charge in [-0.1, -0.05) is 15.9 Å². The van der Waals surface area contributed by atoms with E-state index in [1.807, 2.05) is 0 Å². The average molecular weight is 361 g/mol. The Bertz CT molecular complexity index is 582. The quantitative estimate of drug-likeness (QED) is 0.762. The number of carbonyl (C=O) groups excluding carboxylic acids is 1. The largest absolute Gasteiger partial charge is 0.326 e. The molecule has 0 heterocycles. The van der Waals surface area contributed by atoms with E-state index in [0.717, 1.165) is 12.8 Å². The van der Waals surface area contributed by atoms with E-state index < -0.39 is 10.0 Å². The van der Waals surface area contributed by atoms with Gasteiger partial charge < -0.3 is 5.32 Å². The highest BCUT2D eigenvalue weighted by molar-refractivity contribution is 9.09. The predicted octanol–water partition coefficient (Wildman–Crippen LogP) is 2.10. The maximum absolute atomic E-state index is 12.1. The van der Waals surface area contributed by atoms with Crippen molar-refractivity contribution < 1.29 is 13.2 Å². The van der Waals surface area contributed by atoms with Crippen LogP contribution in [0, 0.1) is 5.92 Å². The molecule has 7 heteroatoms. The second-order valence-corrected chi connectivity index (χ2v) is 7.85. The molecule has 0 bridgehead atoms. The second-order valence-electron chi connectivity index (χ2n) is 4.91. The summed E-state index contributed by atoms with van der Waals surface area (Å²) in [4.78, 5) is 11.3. The molecule has 110 valence electrons. The van der Waals surface area contributed by atoms with Crippen molar-refractivity contribution in [2.75, 3.05) is 11.9 Å². The molecule has 2 rings (SSSR count). The fourth-order valence-corrected chi connectivity index (χ4v) is 3.78. The smallest absolute Gasteiger partial charge is 0.240 e. The van der Waals surface area contributed by atoms with Gasteiger partial charge in [-0.05, 0) is 43.0 Å². The molecule has 2 N–H and O–H groups in total. The number of carbonyl (C=O) groups is 1. The van der Waals surface area contributed by atoms with Crippen LogP contribution in [0.4, 0.5) is 5.69 Å². The predicted molar refractivity (Wildman–Crippen MR) is 81.4 cm³/mol. The molecule has 1 aliphatic rings. The summed E-state index contributed by atoms with van der Waals surface area (Å²) in [5, 5.41) is 2.60. The Hall–Kier alpha value is -0.920. The minimum absolute atomic E-state index is 0.190. The van der Waals surface area contributed by atoms with Crippen LogP contribution in [0.5, 0.6) is 0 Å². The van der Waals surface area contributed by atoms with Crippen molar-refractivity contribution in [3.05, 3.63) is 24.3 Å². The monoisotopic (exact) mass is 360 g/mol. The molecule has 1 fully saturated rings. The Balaban J connectivity index is 1.99. The molecule has 1 aliphatic carbocycles. The first-order valence-electron chi connectivity index (χ1n) is 6.40. The van der Waals surface area contributed by atoms with E-state index in [0.29, 0.717) is 18.2 Å². The first-order chi connectivity index (χ1) is 9.38. The lowest BCUT2D eigenvalue weighted by Gasteiger charge is -2.11. The van der Waals surface area contributed by atoms with Crippen molar-refractivity contribution in [2.24, 2.45) is 5.92 Å². The summed E-state index contributed by atoms with van der Waals surface area (Å²) in [6.45, 7) is 1.79. The van der Waals surface area contributed by atoms with Crippen LogP contribution in [0.3, 0.4) is 0 Å². The summed E-state index contributed by atoms with van der Waals surface area (Å²) in [6, 6.07) is 6.10. The molecule has 20 heavy (non-hydrogen) atoms. The maximum atomic E-state index is 12.1. The summed E-state index contributed by atoms with van der Waals surface area (Å²) >= 11 is 3.49. The van der Waals surface area contributed by atoms with Crippen LogP contribution in [-0.2, 0) is 14.8 Å². The van der Waals surface area contributed by atoms with Crippen molar-refractivity contribution in [2.45, 2.75) is 29.5 Å². The third kappa shape index (κ3) is 4.29. The summed E-state index contributed by atoms with van der Waals surface area (Å²) in [5.41, 5.74) is 0.577. The highest BCUT2D eigenvalue weighted by Gasteiger charge is 2.30. The number of nitrogens with one attached hydrogen (secondary N) is 2. The molecule has 0 spiro atoms. The Morgan fingerprint density at radius 2 is 1.95 bits per heavy atom.